The van der Waals surface area contributed by atoms with Crippen LogP contribution >= 0.6 is 0 Å². The third-order valence-corrected chi connectivity index (χ3v) is 24.6. The van der Waals surface area contributed by atoms with Gasteiger partial charge in [-0.25, -0.2) is 8.42 Å². The molecule has 0 unspecified atom stereocenters. The Kier molecular flexibility index (Phi) is 10.5. The molecule has 7 heteroatoms. The topological polar surface area (TPSA) is 46.6 Å². The minimum Gasteiger partial charge on any atom is -0.406 e. The van der Waals surface area contributed by atoms with Crippen LogP contribution in [0.1, 0.15) is 53.5 Å². The van der Waals surface area contributed by atoms with E-state index in [-0.39, 0.29) is 21.7 Å². The molecule has 1 fully saturated rings. The molecular formula is C44H53NO3SSi2. The minimum atomic E-state index is -3.85. The smallest absolute Gasteiger partial charge is 0.261 e. The van der Waals surface area contributed by atoms with E-state index in [1.54, 1.807) is 12.1 Å². The SMILES string of the molecule is Cc1ccc(S(=O)(=O)N2C[C@H]([Si](c3ccccc3)(c3ccccc3)C(C)(C)C)C[C@H]2CO[Si](c2ccccc2)(c2ccccc2)C(C)(C)C)cc1. The molecule has 2 atom stereocenters. The predicted octanol–water partition coefficient (Wildman–Crippen LogP) is 7.77. The quantitative estimate of drug-likeness (QED) is 0.138. The Morgan fingerprint density at radius 3 is 1.41 bits per heavy atom. The van der Waals surface area contributed by atoms with E-state index in [0.717, 1.165) is 12.0 Å². The fourth-order valence-corrected chi connectivity index (χ4v) is 22.2. The summed E-state index contributed by atoms with van der Waals surface area (Å²) in [5.74, 6) is 0. The first-order chi connectivity index (χ1) is 24.2. The minimum absolute atomic E-state index is 0.107. The van der Waals surface area contributed by atoms with Crippen molar-refractivity contribution in [1.29, 1.82) is 0 Å². The zero-order valence-electron chi connectivity index (χ0n) is 31.2. The molecule has 4 nitrogen and oxygen atoms in total. The Hall–Kier alpha value is -3.60. The van der Waals surface area contributed by atoms with Crippen LogP contribution in [0.25, 0.3) is 0 Å². The van der Waals surface area contributed by atoms with E-state index in [0.29, 0.717) is 18.0 Å². The van der Waals surface area contributed by atoms with Crippen molar-refractivity contribution in [2.75, 3.05) is 13.2 Å². The molecule has 1 heterocycles. The van der Waals surface area contributed by atoms with Crippen LogP contribution in [0.5, 0.6) is 0 Å². The van der Waals surface area contributed by atoms with Gasteiger partial charge in [0.25, 0.3) is 8.32 Å². The molecule has 0 amide bonds. The van der Waals surface area contributed by atoms with Crippen LogP contribution in [-0.4, -0.2) is 48.3 Å². The average Bonchev–Trinajstić information content (AvgIpc) is 3.55. The molecule has 0 radical (unpaired) electrons. The van der Waals surface area contributed by atoms with E-state index in [4.69, 9.17) is 4.43 Å². The van der Waals surface area contributed by atoms with Gasteiger partial charge in [-0.15, -0.1) is 0 Å². The van der Waals surface area contributed by atoms with Crippen molar-refractivity contribution in [3.63, 3.8) is 0 Å². The maximum atomic E-state index is 14.9. The summed E-state index contributed by atoms with van der Waals surface area (Å²) < 4.78 is 39.2. The molecule has 0 bridgehead atoms. The second-order valence-electron chi connectivity index (χ2n) is 16.2. The molecule has 0 aliphatic carbocycles. The van der Waals surface area contributed by atoms with Gasteiger partial charge in [-0.05, 0) is 51.5 Å². The number of aryl methyl sites for hydroxylation is 1. The van der Waals surface area contributed by atoms with Crippen molar-refractivity contribution in [3.8, 4) is 0 Å². The van der Waals surface area contributed by atoms with Crippen molar-refractivity contribution >= 4 is 47.2 Å². The summed E-state index contributed by atoms with van der Waals surface area (Å²) in [6, 6.07) is 50.2. The molecule has 0 N–H and O–H groups in total. The van der Waals surface area contributed by atoms with Crippen molar-refractivity contribution in [2.45, 2.75) is 81.4 Å². The lowest BCUT2D eigenvalue weighted by Gasteiger charge is -2.48. The first kappa shape index (κ1) is 37.2. The van der Waals surface area contributed by atoms with Crippen LogP contribution in [0, 0.1) is 6.92 Å². The predicted molar refractivity (Wildman–Crippen MR) is 218 cm³/mol. The fourth-order valence-electron chi connectivity index (χ4n) is 8.99. The zero-order chi connectivity index (χ0) is 36.5. The van der Waals surface area contributed by atoms with Crippen LogP contribution in [-0.2, 0) is 14.4 Å². The molecule has 0 saturated carbocycles. The maximum absolute atomic E-state index is 14.9. The van der Waals surface area contributed by atoms with Crippen LogP contribution in [0.15, 0.2) is 150 Å². The van der Waals surface area contributed by atoms with E-state index in [2.05, 4.69) is 163 Å². The highest BCUT2D eigenvalue weighted by Gasteiger charge is 2.58. The molecule has 51 heavy (non-hydrogen) atoms. The largest absolute Gasteiger partial charge is 0.406 e. The number of hydrogen-bond donors (Lipinski definition) is 0. The van der Waals surface area contributed by atoms with Crippen LogP contribution in [0.3, 0.4) is 0 Å². The zero-order valence-corrected chi connectivity index (χ0v) is 34.0. The number of nitrogens with zero attached hydrogens (tertiary/aromatic N) is 1. The second kappa shape index (κ2) is 14.4. The summed E-state index contributed by atoms with van der Waals surface area (Å²) in [4.78, 5) is 0.339. The van der Waals surface area contributed by atoms with Crippen molar-refractivity contribution in [2.24, 2.45) is 0 Å². The maximum Gasteiger partial charge on any atom is 0.261 e. The van der Waals surface area contributed by atoms with Gasteiger partial charge in [-0.2, -0.15) is 4.31 Å². The fraction of sp³-hybridized carbons (Fsp3) is 0.318. The van der Waals surface area contributed by atoms with Gasteiger partial charge in [-0.3, -0.25) is 0 Å². The summed E-state index contributed by atoms with van der Waals surface area (Å²) in [7, 11) is -9.46. The van der Waals surface area contributed by atoms with Gasteiger partial charge in [0.05, 0.1) is 11.5 Å². The molecule has 5 aromatic carbocycles. The summed E-state index contributed by atoms with van der Waals surface area (Å²) in [5.41, 5.74) is 1.14. The summed E-state index contributed by atoms with van der Waals surface area (Å²) in [5, 5.41) is 4.72. The summed E-state index contributed by atoms with van der Waals surface area (Å²) in [6.07, 6.45) is 0.719. The van der Waals surface area contributed by atoms with Crippen LogP contribution < -0.4 is 20.7 Å². The lowest BCUT2D eigenvalue weighted by atomic mass is 10.2. The lowest BCUT2D eigenvalue weighted by molar-refractivity contribution is 0.221. The number of hydrogen-bond acceptors (Lipinski definition) is 3. The van der Waals surface area contributed by atoms with Crippen molar-refractivity contribution < 1.29 is 12.8 Å². The molecule has 266 valence electrons. The van der Waals surface area contributed by atoms with E-state index < -0.39 is 26.4 Å². The molecule has 1 aliphatic rings. The Labute approximate surface area is 308 Å². The Morgan fingerprint density at radius 1 is 0.608 bits per heavy atom. The van der Waals surface area contributed by atoms with Gasteiger partial charge < -0.3 is 4.43 Å². The molecular weight excluding hydrogens is 679 g/mol. The van der Waals surface area contributed by atoms with Gasteiger partial charge in [-0.1, -0.05) is 191 Å². The van der Waals surface area contributed by atoms with Crippen LogP contribution in [0.2, 0.25) is 15.6 Å². The number of rotatable bonds is 10. The standard InChI is InChI=1S/C44H53NO3SSi2/c1-35-28-30-37(31-29-35)49(46,47)45-33-42(50(43(2,3)4,38-20-12-8-13-21-38)39-22-14-9-15-23-39)32-36(45)34-48-51(44(5,6)7,40-24-16-10-17-25-40)41-26-18-11-19-27-41/h8-31,36,42H,32-34H2,1-7H3/t36-,42+/m0/s1. The first-order valence-corrected chi connectivity index (χ1v) is 23.6. The Bertz CT molecular complexity index is 1910. The Morgan fingerprint density at radius 2 is 1.02 bits per heavy atom. The monoisotopic (exact) mass is 731 g/mol. The van der Waals surface area contributed by atoms with Gasteiger partial charge in [0, 0.05) is 12.6 Å². The van der Waals surface area contributed by atoms with Crippen molar-refractivity contribution in [3.05, 3.63) is 151 Å². The van der Waals surface area contributed by atoms with E-state index in [9.17, 15) is 8.42 Å². The molecule has 0 aromatic heterocycles. The lowest BCUT2D eigenvalue weighted by Crippen LogP contribution is -2.67. The second-order valence-corrected chi connectivity index (χ2v) is 27.5. The molecule has 5 aromatic rings. The van der Waals surface area contributed by atoms with Gasteiger partial charge in [0.15, 0.2) is 0 Å². The Balaban J connectivity index is 1.53. The highest BCUT2D eigenvalue weighted by Crippen LogP contribution is 2.49. The van der Waals surface area contributed by atoms with E-state index in [1.165, 1.54) is 20.7 Å². The molecule has 6 rings (SSSR count). The number of benzene rings is 5. The van der Waals surface area contributed by atoms with E-state index in [1.807, 2.05) is 23.4 Å². The summed E-state index contributed by atoms with van der Waals surface area (Å²) >= 11 is 0. The van der Waals surface area contributed by atoms with Gasteiger partial charge >= 0.3 is 0 Å². The van der Waals surface area contributed by atoms with Gasteiger partial charge in [0.2, 0.25) is 10.0 Å². The van der Waals surface area contributed by atoms with E-state index >= 15 is 0 Å². The normalized spacial score (nSPS) is 17.8. The first-order valence-electron chi connectivity index (χ1n) is 18.2. The molecule has 1 saturated heterocycles. The van der Waals surface area contributed by atoms with Crippen LogP contribution in [0.4, 0.5) is 0 Å². The average molecular weight is 732 g/mol. The number of sulfonamides is 1. The highest BCUT2D eigenvalue weighted by atomic mass is 32.2. The molecule has 0 spiro atoms. The van der Waals surface area contributed by atoms with Crippen molar-refractivity contribution in [1.82, 2.24) is 4.31 Å². The highest BCUT2D eigenvalue weighted by molar-refractivity contribution is 7.89. The summed E-state index contributed by atoms with van der Waals surface area (Å²) in [6.45, 7) is 16.7. The third kappa shape index (κ3) is 6.75. The third-order valence-electron chi connectivity index (χ3n) is 11.2. The van der Waals surface area contributed by atoms with Gasteiger partial charge in [0.1, 0.15) is 8.07 Å². The molecule has 1 aliphatic heterocycles.